The van der Waals surface area contributed by atoms with Crippen molar-refractivity contribution in [3.8, 4) is 0 Å². The SMILES string of the molecule is CC(=O)c1cc(N2CC3CCC(O)C3C2)ccc1N. The molecule has 3 N–H and O–H groups in total. The fourth-order valence-corrected chi connectivity index (χ4v) is 3.49. The van der Waals surface area contributed by atoms with Crippen molar-refractivity contribution in [3.63, 3.8) is 0 Å². The van der Waals surface area contributed by atoms with Crippen LogP contribution < -0.4 is 10.6 Å². The van der Waals surface area contributed by atoms with Gasteiger partial charge in [0.2, 0.25) is 0 Å². The first kappa shape index (κ1) is 12.5. The Morgan fingerprint density at radius 2 is 2.16 bits per heavy atom. The van der Waals surface area contributed by atoms with E-state index in [0.717, 1.165) is 31.6 Å². The smallest absolute Gasteiger partial charge is 0.161 e. The number of benzene rings is 1. The summed E-state index contributed by atoms with van der Waals surface area (Å²) in [7, 11) is 0. The van der Waals surface area contributed by atoms with Crippen molar-refractivity contribution >= 4 is 17.2 Å². The van der Waals surface area contributed by atoms with Crippen LogP contribution in [0.1, 0.15) is 30.1 Å². The summed E-state index contributed by atoms with van der Waals surface area (Å²) >= 11 is 0. The van der Waals surface area contributed by atoms with Crippen molar-refractivity contribution in [2.45, 2.75) is 25.9 Å². The number of nitrogen functional groups attached to an aromatic ring is 1. The van der Waals surface area contributed by atoms with Gasteiger partial charge in [0.05, 0.1) is 6.10 Å². The molecule has 0 amide bonds. The van der Waals surface area contributed by atoms with E-state index < -0.39 is 0 Å². The maximum atomic E-state index is 11.5. The summed E-state index contributed by atoms with van der Waals surface area (Å²) in [4.78, 5) is 13.8. The fourth-order valence-electron chi connectivity index (χ4n) is 3.49. The van der Waals surface area contributed by atoms with Crippen LogP contribution in [-0.4, -0.2) is 30.1 Å². The van der Waals surface area contributed by atoms with Crippen LogP contribution in [0.2, 0.25) is 0 Å². The zero-order valence-electron chi connectivity index (χ0n) is 11.2. The van der Waals surface area contributed by atoms with E-state index in [0.29, 0.717) is 23.1 Å². The number of carbonyl (C=O) groups is 1. The number of anilines is 2. The number of ketones is 1. The Hall–Kier alpha value is -1.55. The van der Waals surface area contributed by atoms with E-state index in [1.54, 1.807) is 6.07 Å². The highest BCUT2D eigenvalue weighted by molar-refractivity contribution is 6.00. The van der Waals surface area contributed by atoms with Crippen LogP contribution in [0, 0.1) is 11.8 Å². The molecule has 1 aliphatic carbocycles. The fraction of sp³-hybridized carbons (Fsp3) is 0.533. The van der Waals surface area contributed by atoms with E-state index in [-0.39, 0.29) is 11.9 Å². The molecule has 1 heterocycles. The first-order chi connectivity index (χ1) is 9.06. The molecule has 0 aromatic heterocycles. The Balaban J connectivity index is 1.84. The summed E-state index contributed by atoms with van der Waals surface area (Å²) < 4.78 is 0. The molecule has 102 valence electrons. The van der Waals surface area contributed by atoms with Gasteiger partial charge in [-0.3, -0.25) is 4.79 Å². The Bertz CT molecular complexity index is 515. The standard InChI is InChI=1S/C15H20N2O2/c1-9(18)12-6-11(3-4-14(12)16)17-7-10-2-5-15(19)13(10)8-17/h3-4,6,10,13,15,19H,2,5,7-8,16H2,1H3. The van der Waals surface area contributed by atoms with Crippen molar-refractivity contribution in [1.82, 2.24) is 0 Å². The monoisotopic (exact) mass is 260 g/mol. The lowest BCUT2D eigenvalue weighted by molar-refractivity contribution is 0.101. The highest BCUT2D eigenvalue weighted by Crippen LogP contribution is 2.40. The summed E-state index contributed by atoms with van der Waals surface area (Å²) in [6.07, 6.45) is 1.89. The molecule has 3 rings (SSSR count). The molecule has 1 aromatic rings. The van der Waals surface area contributed by atoms with E-state index in [1.807, 2.05) is 12.1 Å². The molecule has 2 aliphatic rings. The van der Waals surface area contributed by atoms with Gasteiger partial charge in [-0.15, -0.1) is 0 Å². The largest absolute Gasteiger partial charge is 0.398 e. The van der Waals surface area contributed by atoms with Gasteiger partial charge in [0.15, 0.2) is 5.78 Å². The molecule has 19 heavy (non-hydrogen) atoms. The number of aliphatic hydroxyl groups excluding tert-OH is 1. The van der Waals surface area contributed by atoms with E-state index >= 15 is 0 Å². The number of Topliss-reactive ketones (excluding diaryl/α,β-unsaturated/α-hetero) is 1. The van der Waals surface area contributed by atoms with Gasteiger partial charge in [-0.1, -0.05) is 0 Å². The summed E-state index contributed by atoms with van der Waals surface area (Å²) in [6, 6.07) is 5.65. The first-order valence-corrected chi connectivity index (χ1v) is 6.89. The van der Waals surface area contributed by atoms with Crippen LogP contribution in [0.15, 0.2) is 18.2 Å². The van der Waals surface area contributed by atoms with E-state index in [1.165, 1.54) is 6.92 Å². The van der Waals surface area contributed by atoms with Gasteiger partial charge in [-0.25, -0.2) is 0 Å². The number of aliphatic hydroxyl groups is 1. The molecule has 0 spiro atoms. The number of carbonyl (C=O) groups excluding carboxylic acids is 1. The topological polar surface area (TPSA) is 66.6 Å². The molecule has 1 saturated heterocycles. The molecule has 3 atom stereocenters. The van der Waals surface area contributed by atoms with Crippen molar-refractivity contribution in [3.05, 3.63) is 23.8 Å². The molecule has 2 fully saturated rings. The Morgan fingerprint density at radius 1 is 1.37 bits per heavy atom. The van der Waals surface area contributed by atoms with Crippen LogP contribution in [0.25, 0.3) is 0 Å². The third-order valence-electron chi connectivity index (χ3n) is 4.60. The van der Waals surface area contributed by atoms with Crippen molar-refractivity contribution in [1.29, 1.82) is 0 Å². The maximum absolute atomic E-state index is 11.5. The average Bonchev–Trinajstić information content (AvgIpc) is 2.92. The van der Waals surface area contributed by atoms with Crippen molar-refractivity contribution in [2.24, 2.45) is 11.8 Å². The second-order valence-electron chi connectivity index (χ2n) is 5.80. The van der Waals surface area contributed by atoms with Crippen molar-refractivity contribution in [2.75, 3.05) is 23.7 Å². The number of fused-ring (bicyclic) bond motifs is 1. The van der Waals surface area contributed by atoms with Gasteiger partial charge < -0.3 is 15.7 Å². The molecule has 4 nitrogen and oxygen atoms in total. The Labute approximate surface area is 113 Å². The van der Waals surface area contributed by atoms with Crippen LogP contribution in [0.3, 0.4) is 0 Å². The minimum absolute atomic E-state index is 0.00113. The number of rotatable bonds is 2. The molecule has 1 saturated carbocycles. The lowest BCUT2D eigenvalue weighted by Gasteiger charge is -2.21. The third-order valence-corrected chi connectivity index (χ3v) is 4.60. The highest BCUT2D eigenvalue weighted by Gasteiger charge is 2.41. The van der Waals surface area contributed by atoms with Gasteiger partial charge in [-0.2, -0.15) is 0 Å². The summed E-state index contributed by atoms with van der Waals surface area (Å²) in [5, 5.41) is 9.95. The molecule has 3 unspecified atom stereocenters. The lowest BCUT2D eigenvalue weighted by atomic mass is 10.00. The molecule has 4 heteroatoms. The van der Waals surface area contributed by atoms with Gasteiger partial charge in [0, 0.05) is 35.9 Å². The second-order valence-corrected chi connectivity index (χ2v) is 5.80. The minimum atomic E-state index is -0.156. The van der Waals surface area contributed by atoms with Gasteiger partial charge in [0.25, 0.3) is 0 Å². The molecule has 0 bridgehead atoms. The minimum Gasteiger partial charge on any atom is -0.398 e. The van der Waals surface area contributed by atoms with E-state index in [2.05, 4.69) is 4.90 Å². The summed E-state index contributed by atoms with van der Waals surface area (Å²) in [5.74, 6) is 0.977. The predicted octanol–water partition coefficient (Wildman–Crippen LogP) is 1.68. The molecule has 0 radical (unpaired) electrons. The van der Waals surface area contributed by atoms with E-state index in [4.69, 9.17) is 5.73 Å². The second kappa shape index (κ2) is 4.53. The van der Waals surface area contributed by atoms with Crippen molar-refractivity contribution < 1.29 is 9.90 Å². The summed E-state index contributed by atoms with van der Waals surface area (Å²) in [6.45, 7) is 3.40. The number of nitrogens with two attached hydrogens (primary N) is 1. The van der Waals surface area contributed by atoms with Crippen LogP contribution in [0.4, 0.5) is 11.4 Å². The van der Waals surface area contributed by atoms with Crippen LogP contribution in [0.5, 0.6) is 0 Å². The zero-order valence-corrected chi connectivity index (χ0v) is 11.2. The van der Waals surface area contributed by atoms with Gasteiger partial charge >= 0.3 is 0 Å². The predicted molar refractivity (Wildman–Crippen MR) is 75.3 cm³/mol. The maximum Gasteiger partial charge on any atom is 0.161 e. The van der Waals surface area contributed by atoms with Crippen LogP contribution in [-0.2, 0) is 0 Å². The third kappa shape index (κ3) is 2.10. The lowest BCUT2D eigenvalue weighted by Crippen LogP contribution is -2.24. The molecular formula is C15H20N2O2. The Morgan fingerprint density at radius 3 is 2.84 bits per heavy atom. The number of hydrogen-bond donors (Lipinski definition) is 2. The van der Waals surface area contributed by atoms with Gasteiger partial charge in [0.1, 0.15) is 0 Å². The zero-order chi connectivity index (χ0) is 13.6. The van der Waals surface area contributed by atoms with Crippen LogP contribution >= 0.6 is 0 Å². The number of hydrogen-bond acceptors (Lipinski definition) is 4. The molecule has 1 aromatic carbocycles. The van der Waals surface area contributed by atoms with Gasteiger partial charge in [-0.05, 0) is 43.9 Å². The Kier molecular flexibility index (Phi) is 2.97. The number of nitrogens with zero attached hydrogens (tertiary/aromatic N) is 1. The molecular weight excluding hydrogens is 240 g/mol. The normalized spacial score (nSPS) is 29.6. The average molecular weight is 260 g/mol. The van der Waals surface area contributed by atoms with E-state index in [9.17, 15) is 9.90 Å². The first-order valence-electron chi connectivity index (χ1n) is 6.89. The summed E-state index contributed by atoms with van der Waals surface area (Å²) in [5.41, 5.74) is 8.00. The molecule has 1 aliphatic heterocycles. The quantitative estimate of drug-likeness (QED) is 0.627. The highest BCUT2D eigenvalue weighted by atomic mass is 16.3.